The number of nitrogens with one attached hydrogen (secondary N) is 1. The van der Waals surface area contributed by atoms with Crippen molar-refractivity contribution >= 4 is 45.3 Å². The number of anilines is 1. The average Bonchev–Trinajstić information content (AvgIpc) is 2.73. The summed E-state index contributed by atoms with van der Waals surface area (Å²) in [6, 6.07) is 9.01. The molecule has 1 aromatic heterocycles. The van der Waals surface area contributed by atoms with E-state index in [1.54, 1.807) is 23.5 Å². The van der Waals surface area contributed by atoms with Crippen molar-refractivity contribution in [3.63, 3.8) is 0 Å². The molecule has 2 rings (SSSR count). The Morgan fingerprint density at radius 3 is 2.72 bits per heavy atom. The highest BCUT2D eigenvalue weighted by molar-refractivity contribution is 14.1. The zero-order chi connectivity index (χ0) is 13.1. The first-order valence-electron chi connectivity index (χ1n) is 5.29. The molecule has 0 aliphatic heterocycles. The van der Waals surface area contributed by atoms with Gasteiger partial charge in [0.2, 0.25) is 0 Å². The maximum absolute atomic E-state index is 10.6. The molecule has 0 atom stereocenters. The summed E-state index contributed by atoms with van der Waals surface area (Å²) in [5, 5.41) is 13.9. The minimum Gasteiger partial charge on any atom is -0.379 e. The molecule has 4 nitrogen and oxygen atoms in total. The van der Waals surface area contributed by atoms with Gasteiger partial charge in [0.05, 0.1) is 4.92 Å². The number of aryl methyl sites for hydroxylation is 1. The number of non-ortho nitro benzene ring substituents is 1. The van der Waals surface area contributed by atoms with Gasteiger partial charge in [0, 0.05) is 37.7 Å². The van der Waals surface area contributed by atoms with Crippen LogP contribution in [0.2, 0.25) is 0 Å². The number of nitrogens with zero attached hydrogens (tertiary/aromatic N) is 1. The summed E-state index contributed by atoms with van der Waals surface area (Å²) < 4.78 is 0.857. The minimum absolute atomic E-state index is 0.122. The van der Waals surface area contributed by atoms with E-state index in [0.717, 1.165) is 15.8 Å². The molecular weight excluding hydrogens is 363 g/mol. The zero-order valence-electron chi connectivity index (χ0n) is 9.64. The van der Waals surface area contributed by atoms with Gasteiger partial charge in [-0.2, -0.15) is 0 Å². The van der Waals surface area contributed by atoms with Crippen LogP contribution in [0.25, 0.3) is 0 Å². The molecule has 1 heterocycles. The van der Waals surface area contributed by atoms with E-state index in [2.05, 4.69) is 47.0 Å². The van der Waals surface area contributed by atoms with Crippen LogP contribution in [-0.4, -0.2) is 4.92 Å². The van der Waals surface area contributed by atoms with Crippen LogP contribution >= 0.6 is 33.9 Å². The van der Waals surface area contributed by atoms with Crippen LogP contribution < -0.4 is 5.32 Å². The van der Waals surface area contributed by atoms with Crippen LogP contribution in [0, 0.1) is 20.6 Å². The van der Waals surface area contributed by atoms with E-state index >= 15 is 0 Å². The van der Waals surface area contributed by atoms with Crippen LogP contribution in [0.15, 0.2) is 30.3 Å². The van der Waals surface area contributed by atoms with Crippen molar-refractivity contribution in [1.29, 1.82) is 0 Å². The summed E-state index contributed by atoms with van der Waals surface area (Å²) in [6.45, 7) is 2.82. The molecule has 18 heavy (non-hydrogen) atoms. The van der Waals surface area contributed by atoms with Crippen LogP contribution in [0.1, 0.15) is 9.75 Å². The van der Waals surface area contributed by atoms with E-state index < -0.39 is 0 Å². The predicted molar refractivity (Wildman–Crippen MR) is 82.2 cm³/mol. The summed E-state index contributed by atoms with van der Waals surface area (Å²) in [5.74, 6) is 0. The van der Waals surface area contributed by atoms with E-state index in [1.807, 2.05) is 0 Å². The number of hydrogen-bond acceptors (Lipinski definition) is 4. The minimum atomic E-state index is -0.380. The number of hydrogen-bond donors (Lipinski definition) is 1. The average molecular weight is 374 g/mol. The summed E-state index contributed by atoms with van der Waals surface area (Å²) in [7, 11) is 0. The lowest BCUT2D eigenvalue weighted by atomic mass is 10.3. The fraction of sp³-hybridized carbons (Fsp3) is 0.167. The molecule has 1 aromatic carbocycles. The second-order valence-electron chi connectivity index (χ2n) is 3.79. The third-order valence-corrected chi connectivity index (χ3v) is 4.31. The first kappa shape index (κ1) is 13.3. The number of thiophene rings is 1. The molecule has 6 heteroatoms. The number of halogens is 1. The van der Waals surface area contributed by atoms with Gasteiger partial charge in [-0.05, 0) is 47.7 Å². The van der Waals surface area contributed by atoms with E-state index in [0.29, 0.717) is 0 Å². The molecule has 0 bridgehead atoms. The van der Waals surface area contributed by atoms with E-state index in [9.17, 15) is 10.1 Å². The van der Waals surface area contributed by atoms with Gasteiger partial charge < -0.3 is 5.32 Å². The first-order chi connectivity index (χ1) is 8.56. The van der Waals surface area contributed by atoms with Gasteiger partial charge in [0.25, 0.3) is 5.69 Å². The Labute approximate surface area is 122 Å². The fourth-order valence-corrected chi connectivity index (χ4v) is 3.04. The summed E-state index contributed by atoms with van der Waals surface area (Å²) in [6.07, 6.45) is 0. The maximum Gasteiger partial charge on any atom is 0.270 e. The summed E-state index contributed by atoms with van der Waals surface area (Å²) in [4.78, 5) is 12.8. The smallest absolute Gasteiger partial charge is 0.270 e. The van der Waals surface area contributed by atoms with Crippen molar-refractivity contribution in [1.82, 2.24) is 0 Å². The highest BCUT2D eigenvalue weighted by Gasteiger charge is 2.08. The molecule has 0 saturated heterocycles. The normalized spacial score (nSPS) is 10.3. The Bertz CT molecular complexity index is 583. The van der Waals surface area contributed by atoms with E-state index in [1.165, 1.54) is 15.8 Å². The van der Waals surface area contributed by atoms with Gasteiger partial charge in [-0.3, -0.25) is 10.1 Å². The topological polar surface area (TPSA) is 55.2 Å². The predicted octanol–water partition coefficient (Wildman–Crippen LogP) is 4.18. The molecule has 0 spiro atoms. The largest absolute Gasteiger partial charge is 0.379 e. The fourth-order valence-electron chi connectivity index (χ4n) is 1.52. The van der Waals surface area contributed by atoms with Crippen molar-refractivity contribution in [3.05, 3.63) is 53.8 Å². The molecule has 1 N–H and O–H groups in total. The van der Waals surface area contributed by atoms with E-state index in [-0.39, 0.29) is 10.6 Å². The number of rotatable bonds is 4. The Balaban J connectivity index is 2.08. The molecule has 0 unspecified atom stereocenters. The quantitative estimate of drug-likeness (QED) is 0.496. The molecule has 0 radical (unpaired) electrons. The van der Waals surface area contributed by atoms with Crippen LogP contribution in [0.4, 0.5) is 11.4 Å². The summed E-state index contributed by atoms with van der Waals surface area (Å²) >= 11 is 3.85. The second kappa shape index (κ2) is 5.66. The van der Waals surface area contributed by atoms with Gasteiger partial charge in [0.15, 0.2) is 0 Å². The Morgan fingerprint density at radius 2 is 2.17 bits per heavy atom. The Hall–Kier alpha value is -1.15. The molecule has 0 amide bonds. The highest BCUT2D eigenvalue weighted by atomic mass is 127. The van der Waals surface area contributed by atoms with Gasteiger partial charge in [-0.25, -0.2) is 0 Å². The SMILES string of the molecule is Cc1ccc(CNc2ccc([N+](=O)[O-])cc2I)s1. The lowest BCUT2D eigenvalue weighted by Crippen LogP contribution is -2.00. The van der Waals surface area contributed by atoms with Crippen molar-refractivity contribution < 1.29 is 4.92 Å². The lowest BCUT2D eigenvalue weighted by Gasteiger charge is -2.07. The molecule has 0 aliphatic carbocycles. The molecule has 0 fully saturated rings. The van der Waals surface area contributed by atoms with Gasteiger partial charge >= 0.3 is 0 Å². The third kappa shape index (κ3) is 3.20. The molecule has 0 saturated carbocycles. The molecular formula is C12H11IN2O2S. The van der Waals surface area contributed by atoms with Crippen molar-refractivity contribution in [2.24, 2.45) is 0 Å². The van der Waals surface area contributed by atoms with Crippen molar-refractivity contribution in [2.75, 3.05) is 5.32 Å². The second-order valence-corrected chi connectivity index (χ2v) is 6.32. The van der Waals surface area contributed by atoms with Crippen LogP contribution in [0.3, 0.4) is 0 Å². The van der Waals surface area contributed by atoms with Crippen LogP contribution in [-0.2, 0) is 6.54 Å². The number of nitro groups is 1. The van der Waals surface area contributed by atoms with Gasteiger partial charge in [-0.15, -0.1) is 11.3 Å². The molecule has 94 valence electrons. The highest BCUT2D eigenvalue weighted by Crippen LogP contribution is 2.25. The third-order valence-electron chi connectivity index (χ3n) is 2.41. The lowest BCUT2D eigenvalue weighted by molar-refractivity contribution is -0.384. The molecule has 0 aliphatic rings. The first-order valence-corrected chi connectivity index (χ1v) is 7.19. The maximum atomic E-state index is 10.6. The van der Waals surface area contributed by atoms with E-state index in [4.69, 9.17) is 0 Å². The van der Waals surface area contributed by atoms with Gasteiger partial charge in [-0.1, -0.05) is 0 Å². The number of nitro benzene ring substituents is 1. The van der Waals surface area contributed by atoms with Gasteiger partial charge in [0.1, 0.15) is 0 Å². The monoisotopic (exact) mass is 374 g/mol. The summed E-state index contributed by atoms with van der Waals surface area (Å²) in [5.41, 5.74) is 1.05. The standard InChI is InChI=1S/C12H11IN2O2S/c1-8-2-4-10(18-8)7-14-12-5-3-9(15(16)17)6-11(12)13/h2-6,14H,7H2,1H3. The number of benzene rings is 1. The van der Waals surface area contributed by atoms with Crippen molar-refractivity contribution in [3.8, 4) is 0 Å². The Kier molecular flexibility index (Phi) is 4.18. The molecule has 2 aromatic rings. The zero-order valence-corrected chi connectivity index (χ0v) is 12.6. The van der Waals surface area contributed by atoms with Crippen LogP contribution in [0.5, 0.6) is 0 Å². The Morgan fingerprint density at radius 1 is 1.39 bits per heavy atom. The van der Waals surface area contributed by atoms with Crippen molar-refractivity contribution in [2.45, 2.75) is 13.5 Å².